The molecule has 1 aromatic heterocycles. The molecule has 0 aromatic carbocycles. The number of alkyl halides is 3. The van der Waals surface area contributed by atoms with E-state index in [1.54, 1.807) is 9.80 Å². The zero-order valence-electron chi connectivity index (χ0n) is 12.3. The number of anilines is 1. The summed E-state index contributed by atoms with van der Waals surface area (Å²) in [5, 5.41) is 0. The van der Waals surface area contributed by atoms with Crippen molar-refractivity contribution in [1.82, 2.24) is 25.7 Å². The number of piperazine rings is 1. The lowest BCUT2D eigenvalue weighted by molar-refractivity contribution is -0.141. The first-order valence-electron chi connectivity index (χ1n) is 7.37. The van der Waals surface area contributed by atoms with Crippen molar-refractivity contribution >= 4 is 11.9 Å². The van der Waals surface area contributed by atoms with E-state index in [9.17, 15) is 18.0 Å². The average molecular weight is 330 g/mol. The minimum Gasteiger partial charge on any atom is -0.338 e. The Morgan fingerprint density at radius 2 is 2.00 bits per heavy atom. The summed E-state index contributed by atoms with van der Waals surface area (Å²) in [6.45, 7) is 2.45. The lowest BCUT2D eigenvalue weighted by Gasteiger charge is -2.35. The molecular weight excluding hydrogens is 313 g/mol. The summed E-state index contributed by atoms with van der Waals surface area (Å²) in [5.74, 6) is 0.0622. The third-order valence-electron chi connectivity index (χ3n) is 3.94. The lowest BCUT2D eigenvalue weighted by atomic mass is 10.2. The van der Waals surface area contributed by atoms with Gasteiger partial charge in [-0.25, -0.2) is 15.4 Å². The molecule has 1 amide bonds. The summed E-state index contributed by atoms with van der Waals surface area (Å²) < 4.78 is 38.1. The molecule has 2 N–H and O–H groups in total. The zero-order valence-corrected chi connectivity index (χ0v) is 12.3. The van der Waals surface area contributed by atoms with Crippen LogP contribution in [0.4, 0.5) is 19.1 Å². The molecule has 23 heavy (non-hydrogen) atoms. The van der Waals surface area contributed by atoms with Crippen LogP contribution in [0.1, 0.15) is 12.1 Å². The van der Waals surface area contributed by atoms with Crippen LogP contribution in [0.25, 0.3) is 0 Å². The number of halogens is 3. The second-order valence-electron chi connectivity index (χ2n) is 5.46. The highest BCUT2D eigenvalue weighted by atomic mass is 19.4. The van der Waals surface area contributed by atoms with E-state index in [2.05, 4.69) is 20.8 Å². The van der Waals surface area contributed by atoms with Crippen LogP contribution in [0.2, 0.25) is 0 Å². The fraction of sp³-hybridized carbons (Fsp3) is 0.615. The van der Waals surface area contributed by atoms with Gasteiger partial charge in [-0.3, -0.25) is 10.2 Å². The van der Waals surface area contributed by atoms with Crippen molar-refractivity contribution in [1.29, 1.82) is 0 Å². The molecule has 2 saturated heterocycles. The number of nitrogens with one attached hydrogen (secondary N) is 2. The molecule has 0 saturated carbocycles. The van der Waals surface area contributed by atoms with Gasteiger partial charge < -0.3 is 9.80 Å². The number of rotatable bonds is 2. The normalized spacial score (nSPS) is 22.5. The van der Waals surface area contributed by atoms with Gasteiger partial charge in [-0.05, 0) is 12.5 Å². The minimum atomic E-state index is -4.49. The van der Waals surface area contributed by atoms with Crippen molar-refractivity contribution in [2.24, 2.45) is 0 Å². The van der Waals surface area contributed by atoms with Crippen molar-refractivity contribution in [2.75, 3.05) is 37.6 Å². The highest BCUT2D eigenvalue weighted by Crippen LogP contribution is 2.28. The Morgan fingerprint density at radius 3 is 2.61 bits per heavy atom. The zero-order chi connectivity index (χ0) is 16.4. The molecule has 1 atom stereocenters. The molecule has 0 aliphatic carbocycles. The third-order valence-corrected chi connectivity index (χ3v) is 3.94. The molecule has 0 radical (unpaired) electrons. The number of hydrogen-bond acceptors (Lipinski definition) is 6. The molecule has 2 aliphatic heterocycles. The lowest BCUT2D eigenvalue weighted by Crippen LogP contribution is -2.54. The molecule has 1 aromatic rings. The first-order chi connectivity index (χ1) is 10.9. The first-order valence-corrected chi connectivity index (χ1v) is 7.37. The number of hydrazine groups is 1. The second-order valence-corrected chi connectivity index (χ2v) is 5.46. The van der Waals surface area contributed by atoms with Crippen molar-refractivity contribution in [2.45, 2.75) is 18.6 Å². The molecule has 3 rings (SSSR count). The van der Waals surface area contributed by atoms with Gasteiger partial charge in [0.2, 0.25) is 11.9 Å². The quantitative estimate of drug-likeness (QED) is 0.796. The summed E-state index contributed by atoms with van der Waals surface area (Å²) in [5.41, 5.74) is 4.87. The molecule has 2 aliphatic rings. The van der Waals surface area contributed by atoms with Crippen molar-refractivity contribution in [3.63, 3.8) is 0 Å². The molecule has 7 nitrogen and oxygen atoms in total. The van der Waals surface area contributed by atoms with Crippen LogP contribution >= 0.6 is 0 Å². The predicted molar refractivity (Wildman–Crippen MR) is 75.4 cm³/mol. The van der Waals surface area contributed by atoms with Gasteiger partial charge in [0.05, 0.1) is 0 Å². The first kappa shape index (κ1) is 15.9. The maximum Gasteiger partial charge on any atom is 0.433 e. The fourth-order valence-electron chi connectivity index (χ4n) is 2.68. The fourth-order valence-corrected chi connectivity index (χ4v) is 2.68. The van der Waals surface area contributed by atoms with E-state index in [0.717, 1.165) is 25.2 Å². The number of nitrogens with zero attached hydrogens (tertiary/aromatic N) is 4. The second kappa shape index (κ2) is 6.28. The van der Waals surface area contributed by atoms with Crippen LogP contribution in [0.3, 0.4) is 0 Å². The standard InChI is InChI=1S/C13H17F3N6O/c14-13(15,16)10-2-3-17-12(19-10)22-7-5-21(6-8-22)11(23)9-1-4-18-20-9/h2-3,9,18,20H,1,4-8H2. The number of aromatic nitrogens is 2. The van der Waals surface area contributed by atoms with Gasteiger partial charge in [0.25, 0.3) is 0 Å². The Bertz CT molecular complexity index is 567. The van der Waals surface area contributed by atoms with Gasteiger partial charge in [-0.1, -0.05) is 0 Å². The third kappa shape index (κ3) is 3.53. The molecule has 2 fully saturated rings. The van der Waals surface area contributed by atoms with Crippen LogP contribution in [0.15, 0.2) is 12.3 Å². The van der Waals surface area contributed by atoms with Crippen molar-refractivity contribution in [3.05, 3.63) is 18.0 Å². The van der Waals surface area contributed by atoms with Crippen molar-refractivity contribution < 1.29 is 18.0 Å². The molecular formula is C13H17F3N6O. The Morgan fingerprint density at radius 1 is 1.26 bits per heavy atom. The van der Waals surface area contributed by atoms with Gasteiger partial charge in [-0.15, -0.1) is 0 Å². The van der Waals surface area contributed by atoms with Gasteiger partial charge in [0.1, 0.15) is 11.7 Å². The molecule has 10 heteroatoms. The largest absolute Gasteiger partial charge is 0.433 e. The number of hydrogen-bond donors (Lipinski definition) is 2. The van der Waals surface area contributed by atoms with Gasteiger partial charge in [0, 0.05) is 38.9 Å². The van der Waals surface area contributed by atoms with E-state index in [0.29, 0.717) is 26.2 Å². The number of carbonyl (C=O) groups is 1. The number of amides is 1. The molecule has 1 unspecified atom stereocenters. The Labute approximate surface area is 130 Å². The summed E-state index contributed by atoms with van der Waals surface area (Å²) in [7, 11) is 0. The molecule has 0 bridgehead atoms. The smallest absolute Gasteiger partial charge is 0.338 e. The van der Waals surface area contributed by atoms with Crippen LogP contribution < -0.4 is 15.8 Å². The monoisotopic (exact) mass is 330 g/mol. The maximum absolute atomic E-state index is 12.7. The van der Waals surface area contributed by atoms with Crippen LogP contribution in [-0.4, -0.2) is 59.5 Å². The van der Waals surface area contributed by atoms with Gasteiger partial charge >= 0.3 is 6.18 Å². The van der Waals surface area contributed by atoms with E-state index in [1.165, 1.54) is 0 Å². The SMILES string of the molecule is O=C(C1CCNN1)N1CCN(c2nccc(C(F)(F)F)n2)CC1. The van der Waals surface area contributed by atoms with Crippen molar-refractivity contribution in [3.8, 4) is 0 Å². The molecule has 0 spiro atoms. The number of carbonyl (C=O) groups excluding carboxylic acids is 1. The topological polar surface area (TPSA) is 73.4 Å². The highest BCUT2D eigenvalue weighted by molar-refractivity contribution is 5.82. The van der Waals surface area contributed by atoms with Gasteiger partial charge in [0.15, 0.2) is 0 Å². The van der Waals surface area contributed by atoms with E-state index in [1.807, 2.05) is 0 Å². The van der Waals surface area contributed by atoms with Crippen LogP contribution in [0.5, 0.6) is 0 Å². The summed E-state index contributed by atoms with van der Waals surface area (Å²) in [4.78, 5) is 23.1. The summed E-state index contributed by atoms with van der Waals surface area (Å²) in [6, 6.07) is 0.619. The van der Waals surface area contributed by atoms with Crippen LogP contribution in [0, 0.1) is 0 Å². The average Bonchev–Trinajstić information content (AvgIpc) is 3.08. The van der Waals surface area contributed by atoms with Gasteiger partial charge in [-0.2, -0.15) is 13.2 Å². The molecule has 126 valence electrons. The molecule has 3 heterocycles. The van der Waals surface area contributed by atoms with E-state index in [4.69, 9.17) is 0 Å². The predicted octanol–water partition coefficient (Wildman–Crippen LogP) is 0.0105. The van der Waals surface area contributed by atoms with E-state index >= 15 is 0 Å². The van der Waals surface area contributed by atoms with Crippen LogP contribution in [-0.2, 0) is 11.0 Å². The van der Waals surface area contributed by atoms with E-state index in [-0.39, 0.29) is 17.9 Å². The summed E-state index contributed by atoms with van der Waals surface area (Å²) >= 11 is 0. The Balaban J connectivity index is 1.61. The summed E-state index contributed by atoms with van der Waals surface area (Å²) in [6.07, 6.45) is -2.65. The van der Waals surface area contributed by atoms with E-state index < -0.39 is 11.9 Å². The Kier molecular flexibility index (Phi) is 4.35. The maximum atomic E-state index is 12.7. The Hall–Kier alpha value is -1.94. The highest BCUT2D eigenvalue weighted by Gasteiger charge is 2.34. The minimum absolute atomic E-state index is 0.0135.